The maximum absolute atomic E-state index is 12.7. The fraction of sp³-hybridized carbons (Fsp3) is 0.158. The number of nitrogens with one attached hydrogen (secondary N) is 2. The lowest BCUT2D eigenvalue weighted by atomic mass is 10.1. The Kier molecular flexibility index (Phi) is 6.17. The molecule has 0 saturated heterocycles. The van der Waals surface area contributed by atoms with Gasteiger partial charge < -0.3 is 15.4 Å². The summed E-state index contributed by atoms with van der Waals surface area (Å²) in [6.07, 6.45) is 0. The number of rotatable bonds is 6. The number of thiophene rings is 1. The predicted octanol–water partition coefficient (Wildman–Crippen LogP) is 4.19. The number of carbonyl (C=O) groups is 3. The average Bonchev–Trinajstić information content (AvgIpc) is 3.31. The van der Waals surface area contributed by atoms with Gasteiger partial charge in [0.05, 0.1) is 22.6 Å². The summed E-state index contributed by atoms with van der Waals surface area (Å²) in [5.74, 6) is -1.42. The lowest BCUT2D eigenvalue weighted by Crippen LogP contribution is -2.15. The first kappa shape index (κ1) is 19.7. The van der Waals surface area contributed by atoms with Crippen LogP contribution in [0.3, 0.4) is 0 Å². The third kappa shape index (κ3) is 4.26. The number of ether oxygens (including phenoxy) is 1. The van der Waals surface area contributed by atoms with Crippen LogP contribution in [0.1, 0.15) is 43.0 Å². The third-order valence-electron chi connectivity index (χ3n) is 3.76. The molecular weight excluding hydrogens is 398 g/mol. The van der Waals surface area contributed by atoms with Gasteiger partial charge in [0.1, 0.15) is 10.7 Å². The van der Waals surface area contributed by atoms with E-state index in [0.29, 0.717) is 16.1 Å². The zero-order valence-corrected chi connectivity index (χ0v) is 16.8. The van der Waals surface area contributed by atoms with Crippen molar-refractivity contribution in [3.05, 3.63) is 62.9 Å². The van der Waals surface area contributed by atoms with Crippen LogP contribution in [0.25, 0.3) is 0 Å². The quantitative estimate of drug-likeness (QED) is 0.588. The monoisotopic (exact) mass is 415 g/mol. The molecular formula is C19H17N3O4S2. The average molecular weight is 415 g/mol. The van der Waals surface area contributed by atoms with E-state index < -0.39 is 11.9 Å². The standard InChI is InChI=1S/C19H17N3O4S2/c1-3-26-19(25)14-11(2)15(17(24)21-12-7-5-4-6-8-12)28-18(14)22-16(23)13-9-27-10-20-13/h4-10H,3H2,1-2H3,(H,21,24)(H,22,23). The molecule has 0 aliphatic heterocycles. The summed E-state index contributed by atoms with van der Waals surface area (Å²) in [6, 6.07) is 8.98. The Morgan fingerprint density at radius 1 is 1.11 bits per heavy atom. The summed E-state index contributed by atoms with van der Waals surface area (Å²) in [5.41, 5.74) is 3.03. The van der Waals surface area contributed by atoms with Crippen molar-refractivity contribution in [3.63, 3.8) is 0 Å². The summed E-state index contributed by atoms with van der Waals surface area (Å²) in [6.45, 7) is 3.52. The van der Waals surface area contributed by atoms with Crippen LogP contribution in [0.5, 0.6) is 0 Å². The van der Waals surface area contributed by atoms with Crippen LogP contribution >= 0.6 is 22.7 Å². The fourth-order valence-corrected chi connectivity index (χ4v) is 4.09. The van der Waals surface area contributed by atoms with E-state index in [2.05, 4.69) is 15.6 Å². The van der Waals surface area contributed by atoms with Gasteiger partial charge >= 0.3 is 5.97 Å². The van der Waals surface area contributed by atoms with Crippen LogP contribution < -0.4 is 10.6 Å². The molecule has 0 aliphatic carbocycles. The maximum atomic E-state index is 12.7. The van der Waals surface area contributed by atoms with E-state index >= 15 is 0 Å². The molecule has 28 heavy (non-hydrogen) atoms. The molecule has 7 nitrogen and oxygen atoms in total. The highest BCUT2D eigenvalue weighted by Crippen LogP contribution is 2.34. The summed E-state index contributed by atoms with van der Waals surface area (Å²) in [4.78, 5) is 41.8. The van der Waals surface area contributed by atoms with Crippen molar-refractivity contribution in [2.24, 2.45) is 0 Å². The molecule has 0 spiro atoms. The predicted molar refractivity (Wildman–Crippen MR) is 109 cm³/mol. The molecule has 2 aromatic heterocycles. The van der Waals surface area contributed by atoms with E-state index in [9.17, 15) is 14.4 Å². The summed E-state index contributed by atoms with van der Waals surface area (Å²) in [5, 5.41) is 7.32. The zero-order chi connectivity index (χ0) is 20.1. The third-order valence-corrected chi connectivity index (χ3v) is 5.55. The molecule has 3 rings (SSSR count). The Balaban J connectivity index is 1.93. The van der Waals surface area contributed by atoms with E-state index in [1.165, 1.54) is 11.3 Å². The number of amides is 2. The van der Waals surface area contributed by atoms with Crippen LogP contribution in [0.15, 0.2) is 41.2 Å². The van der Waals surface area contributed by atoms with Gasteiger partial charge in [-0.1, -0.05) is 18.2 Å². The molecule has 144 valence electrons. The van der Waals surface area contributed by atoms with Gasteiger partial charge in [-0.3, -0.25) is 9.59 Å². The molecule has 3 aromatic rings. The maximum Gasteiger partial charge on any atom is 0.341 e. The van der Waals surface area contributed by atoms with E-state index in [4.69, 9.17) is 4.74 Å². The molecule has 0 saturated carbocycles. The number of anilines is 2. The molecule has 2 heterocycles. The highest BCUT2D eigenvalue weighted by atomic mass is 32.1. The van der Waals surface area contributed by atoms with Crippen molar-refractivity contribution in [2.45, 2.75) is 13.8 Å². The second kappa shape index (κ2) is 8.77. The minimum absolute atomic E-state index is 0.175. The van der Waals surface area contributed by atoms with Crippen molar-refractivity contribution in [1.82, 2.24) is 4.98 Å². The van der Waals surface area contributed by atoms with E-state index in [-0.39, 0.29) is 28.8 Å². The number of thiazole rings is 1. The van der Waals surface area contributed by atoms with Gasteiger partial charge in [0, 0.05) is 11.1 Å². The van der Waals surface area contributed by atoms with Crippen LogP contribution in [-0.4, -0.2) is 29.4 Å². The van der Waals surface area contributed by atoms with Crippen LogP contribution in [0.4, 0.5) is 10.7 Å². The van der Waals surface area contributed by atoms with Crippen molar-refractivity contribution < 1.29 is 19.1 Å². The minimum Gasteiger partial charge on any atom is -0.462 e. The van der Waals surface area contributed by atoms with Gasteiger partial charge in [0.15, 0.2) is 0 Å². The van der Waals surface area contributed by atoms with Crippen LogP contribution in [0.2, 0.25) is 0 Å². The first-order valence-electron chi connectivity index (χ1n) is 8.37. The number of esters is 1. The van der Waals surface area contributed by atoms with Crippen LogP contribution in [-0.2, 0) is 4.74 Å². The highest BCUT2D eigenvalue weighted by Gasteiger charge is 2.27. The lowest BCUT2D eigenvalue weighted by Gasteiger charge is -2.06. The topological polar surface area (TPSA) is 97.4 Å². The second-order valence-electron chi connectivity index (χ2n) is 5.63. The normalized spacial score (nSPS) is 10.4. The molecule has 0 aliphatic rings. The van der Waals surface area contributed by atoms with Gasteiger partial charge in [0.25, 0.3) is 11.8 Å². The van der Waals surface area contributed by atoms with Gasteiger partial charge in [0.2, 0.25) is 0 Å². The second-order valence-corrected chi connectivity index (χ2v) is 7.37. The molecule has 9 heteroatoms. The first-order valence-corrected chi connectivity index (χ1v) is 10.1. The Morgan fingerprint density at radius 3 is 2.50 bits per heavy atom. The van der Waals surface area contributed by atoms with Crippen molar-refractivity contribution in [2.75, 3.05) is 17.2 Å². The summed E-state index contributed by atoms with van der Waals surface area (Å²) in [7, 11) is 0. The Labute approximate surface area is 169 Å². The molecule has 1 aromatic carbocycles. The minimum atomic E-state index is -0.594. The number of carbonyl (C=O) groups excluding carboxylic acids is 3. The van der Waals surface area contributed by atoms with E-state index in [1.54, 1.807) is 49.0 Å². The molecule has 2 N–H and O–H groups in total. The van der Waals surface area contributed by atoms with E-state index in [1.807, 2.05) is 6.07 Å². The Hall–Kier alpha value is -3.04. The SMILES string of the molecule is CCOC(=O)c1c(NC(=O)c2cscn2)sc(C(=O)Nc2ccccc2)c1C. The lowest BCUT2D eigenvalue weighted by molar-refractivity contribution is 0.0527. The van der Waals surface area contributed by atoms with Gasteiger partial charge in [-0.2, -0.15) is 0 Å². The molecule has 0 radical (unpaired) electrons. The van der Waals surface area contributed by atoms with Gasteiger partial charge in [-0.25, -0.2) is 9.78 Å². The number of hydrogen-bond acceptors (Lipinski definition) is 7. The van der Waals surface area contributed by atoms with Gasteiger partial charge in [-0.15, -0.1) is 22.7 Å². The summed E-state index contributed by atoms with van der Waals surface area (Å²) < 4.78 is 5.10. The number of hydrogen-bond donors (Lipinski definition) is 2. The Bertz CT molecular complexity index is 998. The highest BCUT2D eigenvalue weighted by molar-refractivity contribution is 7.19. The van der Waals surface area contributed by atoms with Gasteiger partial charge in [-0.05, 0) is 31.5 Å². The molecule has 2 amide bonds. The Morgan fingerprint density at radius 2 is 1.86 bits per heavy atom. The largest absolute Gasteiger partial charge is 0.462 e. The summed E-state index contributed by atoms with van der Waals surface area (Å²) >= 11 is 2.31. The molecule has 0 fully saturated rings. The fourth-order valence-electron chi connectivity index (χ4n) is 2.47. The van der Waals surface area contributed by atoms with Crippen LogP contribution in [0, 0.1) is 6.92 Å². The zero-order valence-electron chi connectivity index (χ0n) is 15.1. The molecule has 0 unspecified atom stereocenters. The first-order chi connectivity index (χ1) is 13.5. The smallest absolute Gasteiger partial charge is 0.341 e. The molecule has 0 bridgehead atoms. The van der Waals surface area contributed by atoms with E-state index in [0.717, 1.165) is 11.3 Å². The number of para-hydroxylation sites is 1. The number of benzene rings is 1. The van der Waals surface area contributed by atoms with Crippen molar-refractivity contribution in [3.8, 4) is 0 Å². The van der Waals surface area contributed by atoms with Crippen molar-refractivity contribution in [1.29, 1.82) is 0 Å². The van der Waals surface area contributed by atoms with Crippen molar-refractivity contribution >= 4 is 51.1 Å². The molecule has 0 atom stereocenters. The number of nitrogens with zero attached hydrogens (tertiary/aromatic N) is 1. The number of aromatic nitrogens is 1.